The van der Waals surface area contributed by atoms with Gasteiger partial charge >= 0.3 is 0 Å². The highest BCUT2D eigenvalue weighted by atomic mass is 16.5. The second-order valence-electron chi connectivity index (χ2n) is 5.66. The zero-order valence-electron chi connectivity index (χ0n) is 13.9. The molecule has 0 bridgehead atoms. The van der Waals surface area contributed by atoms with Crippen molar-refractivity contribution in [3.63, 3.8) is 0 Å². The number of carbonyl (C=O) groups is 1. The summed E-state index contributed by atoms with van der Waals surface area (Å²) in [6, 6.07) is 13.5. The van der Waals surface area contributed by atoms with Crippen LogP contribution in [0.3, 0.4) is 0 Å². The van der Waals surface area contributed by atoms with Crippen molar-refractivity contribution in [1.29, 1.82) is 0 Å². The van der Waals surface area contributed by atoms with E-state index in [0.717, 1.165) is 6.42 Å². The summed E-state index contributed by atoms with van der Waals surface area (Å²) in [7, 11) is 3.07. The van der Waals surface area contributed by atoms with Gasteiger partial charge in [-0.05, 0) is 23.3 Å². The highest BCUT2D eigenvalue weighted by Gasteiger charge is 2.21. The molecule has 0 aliphatic carbocycles. The van der Waals surface area contributed by atoms with Crippen LogP contribution in [0.2, 0.25) is 0 Å². The molecule has 1 heterocycles. The van der Waals surface area contributed by atoms with E-state index >= 15 is 0 Å². The molecular formula is C19H21NO4. The highest BCUT2D eigenvalue weighted by Crippen LogP contribution is 2.30. The van der Waals surface area contributed by atoms with Gasteiger partial charge in [0, 0.05) is 13.0 Å². The molecule has 1 aliphatic heterocycles. The van der Waals surface area contributed by atoms with Crippen LogP contribution in [0.5, 0.6) is 11.5 Å². The Kier molecular flexibility index (Phi) is 5.01. The zero-order chi connectivity index (χ0) is 16.9. The average molecular weight is 327 g/mol. The van der Waals surface area contributed by atoms with Crippen LogP contribution in [0, 0.1) is 0 Å². The third kappa shape index (κ3) is 3.36. The molecule has 0 spiro atoms. The normalized spacial score (nSPS) is 16.2. The Hall–Kier alpha value is -2.53. The number of hydrogen-bond acceptors (Lipinski definition) is 4. The van der Waals surface area contributed by atoms with Crippen LogP contribution < -0.4 is 14.8 Å². The van der Waals surface area contributed by atoms with Gasteiger partial charge in [0.25, 0.3) is 5.91 Å². The van der Waals surface area contributed by atoms with Crippen molar-refractivity contribution >= 4 is 5.91 Å². The first-order valence-electron chi connectivity index (χ1n) is 7.90. The average Bonchev–Trinajstić information content (AvgIpc) is 2.65. The summed E-state index contributed by atoms with van der Waals surface area (Å²) in [5.74, 6) is 0.772. The van der Waals surface area contributed by atoms with Crippen molar-refractivity contribution in [2.45, 2.75) is 19.1 Å². The molecule has 3 rings (SSSR count). The third-order valence-electron chi connectivity index (χ3n) is 4.18. The highest BCUT2D eigenvalue weighted by molar-refractivity contribution is 5.97. The van der Waals surface area contributed by atoms with Gasteiger partial charge in [0.05, 0.1) is 32.5 Å². The summed E-state index contributed by atoms with van der Waals surface area (Å²) in [5, 5.41) is 2.93. The molecule has 0 unspecified atom stereocenters. The second kappa shape index (κ2) is 7.36. The first kappa shape index (κ1) is 16.3. The van der Waals surface area contributed by atoms with Gasteiger partial charge in [-0.2, -0.15) is 0 Å². The maximum atomic E-state index is 12.5. The molecule has 2 aromatic rings. The van der Waals surface area contributed by atoms with Crippen LogP contribution in [0.25, 0.3) is 0 Å². The van der Waals surface area contributed by atoms with E-state index in [4.69, 9.17) is 14.2 Å². The maximum absolute atomic E-state index is 12.5. The fraction of sp³-hybridized carbons (Fsp3) is 0.316. The van der Waals surface area contributed by atoms with Crippen molar-refractivity contribution in [3.8, 4) is 11.5 Å². The summed E-state index contributed by atoms with van der Waals surface area (Å²) in [6.07, 6.45) is 0.770. The Labute approximate surface area is 141 Å². The lowest BCUT2D eigenvalue weighted by molar-refractivity contribution is 0.0284. The molecule has 1 aliphatic rings. The molecule has 24 heavy (non-hydrogen) atoms. The largest absolute Gasteiger partial charge is 0.493 e. The number of ether oxygens (including phenoxy) is 3. The first-order chi connectivity index (χ1) is 11.7. The van der Waals surface area contributed by atoms with Gasteiger partial charge in [-0.1, -0.05) is 30.3 Å². The van der Waals surface area contributed by atoms with E-state index in [1.807, 2.05) is 12.1 Å². The van der Waals surface area contributed by atoms with Gasteiger partial charge in [0.2, 0.25) is 0 Å². The SMILES string of the molecule is COc1cccc(C(=O)NC[C@H]2Cc3ccccc3CO2)c1OC. The Morgan fingerprint density at radius 2 is 1.92 bits per heavy atom. The maximum Gasteiger partial charge on any atom is 0.255 e. The van der Waals surface area contributed by atoms with Gasteiger partial charge in [0.1, 0.15) is 0 Å². The molecule has 2 aromatic carbocycles. The molecule has 0 radical (unpaired) electrons. The van der Waals surface area contributed by atoms with Crippen LogP contribution in [-0.4, -0.2) is 32.8 Å². The van der Waals surface area contributed by atoms with Crippen LogP contribution in [-0.2, 0) is 17.8 Å². The standard InChI is InChI=1S/C19H21NO4/c1-22-17-9-5-8-16(18(17)23-2)19(21)20-11-15-10-13-6-3-4-7-14(13)12-24-15/h3-9,15H,10-12H2,1-2H3,(H,20,21)/t15-/m1/s1. The van der Waals surface area contributed by atoms with E-state index in [1.54, 1.807) is 25.3 Å². The summed E-state index contributed by atoms with van der Waals surface area (Å²) in [5.41, 5.74) is 2.95. The van der Waals surface area contributed by atoms with E-state index < -0.39 is 0 Å². The number of para-hydroxylation sites is 1. The molecular weight excluding hydrogens is 306 g/mol. The lowest BCUT2D eigenvalue weighted by Gasteiger charge is -2.25. The fourth-order valence-electron chi connectivity index (χ4n) is 2.91. The third-order valence-corrected chi connectivity index (χ3v) is 4.18. The Bertz CT molecular complexity index is 729. The lowest BCUT2D eigenvalue weighted by Crippen LogP contribution is -2.36. The van der Waals surface area contributed by atoms with E-state index in [1.165, 1.54) is 18.2 Å². The summed E-state index contributed by atoms with van der Waals surface area (Å²) >= 11 is 0. The minimum absolute atomic E-state index is 0.0274. The molecule has 1 N–H and O–H groups in total. The van der Waals surface area contributed by atoms with Crippen LogP contribution in [0.15, 0.2) is 42.5 Å². The minimum atomic E-state index is -0.201. The molecule has 126 valence electrons. The van der Waals surface area contributed by atoms with Crippen molar-refractivity contribution in [2.75, 3.05) is 20.8 Å². The summed E-state index contributed by atoms with van der Waals surface area (Å²) < 4.78 is 16.4. The number of benzene rings is 2. The molecule has 1 atom stereocenters. The van der Waals surface area contributed by atoms with E-state index in [-0.39, 0.29) is 12.0 Å². The predicted octanol–water partition coefficient (Wildman–Crippen LogP) is 2.58. The fourth-order valence-corrected chi connectivity index (χ4v) is 2.91. The zero-order valence-corrected chi connectivity index (χ0v) is 13.9. The lowest BCUT2D eigenvalue weighted by atomic mass is 9.99. The van der Waals surface area contributed by atoms with Crippen LogP contribution in [0.4, 0.5) is 0 Å². The molecule has 5 nitrogen and oxygen atoms in total. The summed E-state index contributed by atoms with van der Waals surface area (Å²) in [6.45, 7) is 1.03. The topological polar surface area (TPSA) is 56.8 Å². The van der Waals surface area contributed by atoms with Crippen LogP contribution in [0.1, 0.15) is 21.5 Å². The molecule has 0 fully saturated rings. The van der Waals surface area contributed by atoms with Gasteiger partial charge < -0.3 is 19.5 Å². The smallest absolute Gasteiger partial charge is 0.255 e. The number of hydrogen-bond donors (Lipinski definition) is 1. The number of rotatable bonds is 5. The molecule has 0 saturated heterocycles. The van der Waals surface area contributed by atoms with Crippen molar-refractivity contribution in [2.24, 2.45) is 0 Å². The number of amides is 1. The Morgan fingerprint density at radius 1 is 1.12 bits per heavy atom. The molecule has 1 amide bonds. The van der Waals surface area contributed by atoms with Gasteiger partial charge in [0.15, 0.2) is 11.5 Å². The Balaban J connectivity index is 1.65. The molecule has 0 aromatic heterocycles. The molecule has 0 saturated carbocycles. The van der Waals surface area contributed by atoms with E-state index in [0.29, 0.717) is 30.2 Å². The second-order valence-corrected chi connectivity index (χ2v) is 5.66. The number of fused-ring (bicyclic) bond motifs is 1. The monoisotopic (exact) mass is 327 g/mol. The predicted molar refractivity (Wildman–Crippen MR) is 90.6 cm³/mol. The number of methoxy groups -OCH3 is 2. The van der Waals surface area contributed by atoms with Gasteiger partial charge in [-0.3, -0.25) is 4.79 Å². The Morgan fingerprint density at radius 3 is 2.67 bits per heavy atom. The first-order valence-corrected chi connectivity index (χ1v) is 7.90. The summed E-state index contributed by atoms with van der Waals surface area (Å²) in [4.78, 5) is 12.5. The van der Waals surface area contributed by atoms with Crippen molar-refractivity contribution in [1.82, 2.24) is 5.32 Å². The van der Waals surface area contributed by atoms with E-state index in [2.05, 4.69) is 17.4 Å². The van der Waals surface area contributed by atoms with Crippen LogP contribution >= 0.6 is 0 Å². The van der Waals surface area contributed by atoms with Crippen molar-refractivity contribution < 1.29 is 19.0 Å². The van der Waals surface area contributed by atoms with E-state index in [9.17, 15) is 4.79 Å². The van der Waals surface area contributed by atoms with Gasteiger partial charge in [-0.25, -0.2) is 0 Å². The number of carbonyl (C=O) groups excluding carboxylic acids is 1. The quantitative estimate of drug-likeness (QED) is 0.917. The number of nitrogens with one attached hydrogen (secondary N) is 1. The van der Waals surface area contributed by atoms with Gasteiger partial charge in [-0.15, -0.1) is 0 Å². The minimum Gasteiger partial charge on any atom is -0.493 e. The molecule has 5 heteroatoms. The van der Waals surface area contributed by atoms with Crippen molar-refractivity contribution in [3.05, 3.63) is 59.2 Å².